The van der Waals surface area contributed by atoms with Crippen molar-refractivity contribution in [3.05, 3.63) is 23.8 Å². The fourth-order valence-corrected chi connectivity index (χ4v) is 3.58. The fourth-order valence-electron chi connectivity index (χ4n) is 3.58. The number of carbonyl (C=O) groups excluding carboxylic acids is 3. The van der Waals surface area contributed by atoms with Gasteiger partial charge in [0.15, 0.2) is 11.9 Å². The topological polar surface area (TPSA) is 111 Å². The van der Waals surface area contributed by atoms with Gasteiger partial charge >= 0.3 is 0 Å². The van der Waals surface area contributed by atoms with E-state index in [2.05, 4.69) is 5.32 Å². The molecule has 1 fully saturated rings. The van der Waals surface area contributed by atoms with Crippen LogP contribution in [-0.2, 0) is 14.3 Å². The molecule has 0 aliphatic carbocycles. The highest BCUT2D eigenvalue weighted by Gasteiger charge is 2.30. The Labute approximate surface area is 164 Å². The number of nitrogens with zero attached hydrogens (tertiary/aromatic N) is 1. The third-order valence-corrected chi connectivity index (χ3v) is 5.41. The van der Waals surface area contributed by atoms with Crippen LogP contribution in [0.1, 0.15) is 36.5 Å². The van der Waals surface area contributed by atoms with Gasteiger partial charge in [0.25, 0.3) is 5.91 Å². The van der Waals surface area contributed by atoms with E-state index in [1.807, 2.05) is 0 Å². The number of amides is 2. The molecular formula is C20H27N3O5. The molecule has 8 heteroatoms. The van der Waals surface area contributed by atoms with E-state index in [9.17, 15) is 14.4 Å². The monoisotopic (exact) mass is 389 g/mol. The average molecular weight is 389 g/mol. The molecule has 3 rings (SSSR count). The number of anilines is 1. The molecule has 2 unspecified atom stereocenters. The maximum Gasteiger partial charge on any atom is 0.265 e. The number of ketones is 1. The Morgan fingerprint density at radius 3 is 2.71 bits per heavy atom. The number of ether oxygens (including phenoxy) is 2. The van der Waals surface area contributed by atoms with Crippen LogP contribution in [0, 0.1) is 5.92 Å². The summed E-state index contributed by atoms with van der Waals surface area (Å²) >= 11 is 0. The lowest BCUT2D eigenvalue weighted by Gasteiger charge is -2.32. The SMILES string of the molecule is COC(CN)CC(=O)N1CCC(C(=O)c2ccc3c(c2)NC(=O)C(C)O3)CC1. The standard InChI is InChI=1S/C20H27N3O5/c1-12-20(26)22-16-9-14(3-4-17(16)28-12)19(25)13-5-7-23(8-6-13)18(24)10-15(11-21)27-2/h3-4,9,12-13,15H,5-8,10-11,21H2,1-2H3,(H,22,26). The van der Waals surface area contributed by atoms with Gasteiger partial charge in [-0.3, -0.25) is 14.4 Å². The summed E-state index contributed by atoms with van der Waals surface area (Å²) in [6.07, 6.45) is 0.661. The number of carbonyl (C=O) groups is 3. The summed E-state index contributed by atoms with van der Waals surface area (Å²) in [5.41, 5.74) is 6.64. The molecule has 0 aromatic heterocycles. The summed E-state index contributed by atoms with van der Waals surface area (Å²) in [5, 5.41) is 2.77. The first-order valence-electron chi connectivity index (χ1n) is 9.59. The minimum absolute atomic E-state index is 0.00552. The Balaban J connectivity index is 1.59. The van der Waals surface area contributed by atoms with Crippen LogP contribution in [0.15, 0.2) is 18.2 Å². The van der Waals surface area contributed by atoms with Crippen LogP contribution in [0.4, 0.5) is 5.69 Å². The predicted molar refractivity (Wildman–Crippen MR) is 103 cm³/mol. The Kier molecular flexibility index (Phi) is 6.31. The lowest BCUT2D eigenvalue weighted by Crippen LogP contribution is -2.42. The van der Waals surface area contributed by atoms with E-state index in [1.165, 1.54) is 0 Å². The molecule has 152 valence electrons. The lowest BCUT2D eigenvalue weighted by atomic mass is 9.88. The van der Waals surface area contributed by atoms with Crippen LogP contribution >= 0.6 is 0 Å². The second-order valence-corrected chi connectivity index (χ2v) is 7.28. The van der Waals surface area contributed by atoms with E-state index in [4.69, 9.17) is 15.2 Å². The predicted octanol–water partition coefficient (Wildman–Crippen LogP) is 1.19. The van der Waals surface area contributed by atoms with Crippen molar-refractivity contribution in [1.29, 1.82) is 0 Å². The highest BCUT2D eigenvalue weighted by atomic mass is 16.5. The number of hydrogen-bond acceptors (Lipinski definition) is 6. The van der Waals surface area contributed by atoms with Gasteiger partial charge in [0, 0.05) is 38.2 Å². The van der Waals surface area contributed by atoms with Gasteiger partial charge in [-0.1, -0.05) is 0 Å². The summed E-state index contributed by atoms with van der Waals surface area (Å²) in [6, 6.07) is 5.12. The Morgan fingerprint density at radius 2 is 2.07 bits per heavy atom. The summed E-state index contributed by atoms with van der Waals surface area (Å²) in [5.74, 6) is 0.229. The van der Waals surface area contributed by atoms with Crippen molar-refractivity contribution in [2.45, 2.75) is 38.4 Å². The van der Waals surface area contributed by atoms with Gasteiger partial charge in [-0.15, -0.1) is 0 Å². The molecule has 8 nitrogen and oxygen atoms in total. The van der Waals surface area contributed by atoms with Gasteiger partial charge in [-0.2, -0.15) is 0 Å². The van der Waals surface area contributed by atoms with Gasteiger partial charge < -0.3 is 25.4 Å². The van der Waals surface area contributed by atoms with Gasteiger partial charge in [0.1, 0.15) is 5.75 Å². The molecule has 3 N–H and O–H groups in total. The fraction of sp³-hybridized carbons (Fsp3) is 0.550. The van der Waals surface area contributed by atoms with Crippen LogP contribution in [0.5, 0.6) is 5.75 Å². The Bertz CT molecular complexity index is 754. The Morgan fingerprint density at radius 1 is 1.36 bits per heavy atom. The van der Waals surface area contributed by atoms with Crippen LogP contribution in [-0.4, -0.2) is 61.4 Å². The van der Waals surface area contributed by atoms with E-state index in [-0.39, 0.29) is 36.0 Å². The second-order valence-electron chi connectivity index (χ2n) is 7.28. The molecule has 1 saturated heterocycles. The number of nitrogens with one attached hydrogen (secondary N) is 1. The molecule has 1 aromatic rings. The van der Waals surface area contributed by atoms with Crippen LogP contribution < -0.4 is 15.8 Å². The first kappa shape index (κ1) is 20.3. The van der Waals surface area contributed by atoms with Gasteiger partial charge in [0.2, 0.25) is 5.91 Å². The van der Waals surface area contributed by atoms with Crippen LogP contribution in [0.2, 0.25) is 0 Å². The summed E-state index contributed by atoms with van der Waals surface area (Å²) in [4.78, 5) is 38.8. The van der Waals surface area contributed by atoms with Crippen LogP contribution in [0.25, 0.3) is 0 Å². The number of rotatable bonds is 6. The molecular weight excluding hydrogens is 362 g/mol. The molecule has 28 heavy (non-hydrogen) atoms. The maximum absolute atomic E-state index is 12.9. The molecule has 0 bridgehead atoms. The third kappa shape index (κ3) is 4.34. The minimum atomic E-state index is -0.548. The molecule has 2 heterocycles. The Hall–Kier alpha value is -2.45. The van der Waals surface area contributed by atoms with E-state index in [1.54, 1.807) is 37.1 Å². The molecule has 2 aliphatic rings. The highest BCUT2D eigenvalue weighted by Crippen LogP contribution is 2.32. The van der Waals surface area contributed by atoms with Crippen LogP contribution in [0.3, 0.4) is 0 Å². The van der Waals surface area contributed by atoms with Crippen molar-refractivity contribution in [1.82, 2.24) is 4.90 Å². The average Bonchev–Trinajstić information content (AvgIpc) is 2.72. The number of hydrogen-bond donors (Lipinski definition) is 2. The number of likely N-dealkylation sites (tertiary alicyclic amines) is 1. The first-order valence-corrected chi connectivity index (χ1v) is 9.59. The largest absolute Gasteiger partial charge is 0.479 e. The van der Waals surface area contributed by atoms with Gasteiger partial charge in [-0.25, -0.2) is 0 Å². The number of methoxy groups -OCH3 is 1. The number of piperidine rings is 1. The molecule has 2 amide bonds. The van der Waals surface area contributed by atoms with Crippen molar-refractivity contribution in [2.24, 2.45) is 11.7 Å². The highest BCUT2D eigenvalue weighted by molar-refractivity contribution is 6.02. The van der Waals surface area contributed by atoms with E-state index in [0.717, 1.165) is 0 Å². The summed E-state index contributed by atoms with van der Waals surface area (Å²) in [7, 11) is 1.54. The summed E-state index contributed by atoms with van der Waals surface area (Å²) in [6.45, 7) is 3.06. The molecule has 0 saturated carbocycles. The van der Waals surface area contributed by atoms with Crippen molar-refractivity contribution < 1.29 is 23.9 Å². The third-order valence-electron chi connectivity index (χ3n) is 5.41. The van der Waals surface area contributed by atoms with E-state index >= 15 is 0 Å². The normalized spacial score (nSPS) is 20.8. The second kappa shape index (κ2) is 8.70. The van der Waals surface area contributed by atoms with Crippen molar-refractivity contribution in [3.8, 4) is 5.75 Å². The zero-order valence-electron chi connectivity index (χ0n) is 16.3. The molecule has 0 spiro atoms. The van der Waals surface area contributed by atoms with E-state index in [0.29, 0.717) is 49.5 Å². The summed E-state index contributed by atoms with van der Waals surface area (Å²) < 4.78 is 10.7. The number of fused-ring (bicyclic) bond motifs is 1. The van der Waals surface area contributed by atoms with Crippen molar-refractivity contribution >= 4 is 23.3 Å². The zero-order chi connectivity index (χ0) is 20.3. The quantitative estimate of drug-likeness (QED) is 0.707. The van der Waals surface area contributed by atoms with Crippen molar-refractivity contribution in [3.63, 3.8) is 0 Å². The number of Topliss-reactive ketones (excluding diaryl/α,β-unsaturated/α-hetero) is 1. The minimum Gasteiger partial charge on any atom is -0.479 e. The van der Waals surface area contributed by atoms with Gasteiger partial charge in [-0.05, 0) is 38.0 Å². The van der Waals surface area contributed by atoms with Crippen molar-refractivity contribution in [2.75, 3.05) is 32.1 Å². The maximum atomic E-state index is 12.9. The molecule has 1 aromatic carbocycles. The smallest absolute Gasteiger partial charge is 0.265 e. The number of nitrogens with two attached hydrogens (primary N) is 1. The molecule has 0 radical (unpaired) electrons. The first-order chi connectivity index (χ1) is 13.4. The molecule has 2 aliphatic heterocycles. The molecule has 2 atom stereocenters. The zero-order valence-corrected chi connectivity index (χ0v) is 16.3. The number of benzene rings is 1. The van der Waals surface area contributed by atoms with Gasteiger partial charge in [0.05, 0.1) is 18.2 Å². The van der Waals surface area contributed by atoms with E-state index < -0.39 is 6.10 Å². The lowest BCUT2D eigenvalue weighted by molar-refractivity contribution is -0.134.